The highest BCUT2D eigenvalue weighted by atomic mass is 32.2. The van der Waals surface area contributed by atoms with Crippen molar-refractivity contribution in [2.75, 3.05) is 18.8 Å². The van der Waals surface area contributed by atoms with E-state index in [1.54, 1.807) is 23.1 Å². The summed E-state index contributed by atoms with van der Waals surface area (Å²) >= 11 is 4.60. The van der Waals surface area contributed by atoms with Crippen LogP contribution in [0.5, 0.6) is 0 Å². The highest BCUT2D eigenvalue weighted by Gasteiger charge is 2.26. The fraction of sp³-hybridized carbons (Fsp3) is 0.227. The predicted molar refractivity (Wildman–Crippen MR) is 131 cm³/mol. The molecule has 4 aromatic rings. The van der Waals surface area contributed by atoms with Crippen molar-refractivity contribution in [3.63, 3.8) is 0 Å². The van der Waals surface area contributed by atoms with Crippen molar-refractivity contribution in [2.24, 2.45) is 0 Å². The van der Waals surface area contributed by atoms with Gasteiger partial charge in [-0.05, 0) is 17.7 Å². The molecular formula is C22H20N6O2S3. The Hall–Kier alpha value is -2.89. The molecule has 2 aromatic heterocycles. The lowest BCUT2D eigenvalue weighted by atomic mass is 10.2. The molecule has 0 aliphatic carbocycles. The highest BCUT2D eigenvalue weighted by Crippen LogP contribution is 2.32. The standard InChI is InChI=1S/C22H20N6O2S3/c29-19(27-11-10-23-20(27)30)14-31-21-26-25-18(28(21)12-15-6-2-1-3-7-15)13-32-22-24-16-8-4-5-9-17(16)33-22/h1-9H,10-14H2,(H,23,30). The first-order valence-electron chi connectivity index (χ1n) is 10.3. The Kier molecular flexibility index (Phi) is 6.60. The minimum absolute atomic E-state index is 0.130. The van der Waals surface area contributed by atoms with Crippen LogP contribution in [0, 0.1) is 0 Å². The van der Waals surface area contributed by atoms with Gasteiger partial charge in [0.25, 0.3) is 0 Å². The number of fused-ring (bicyclic) bond motifs is 1. The van der Waals surface area contributed by atoms with Crippen molar-refractivity contribution in [3.8, 4) is 0 Å². The van der Waals surface area contributed by atoms with Gasteiger partial charge in [0.2, 0.25) is 5.91 Å². The number of para-hydroxylation sites is 1. The molecule has 3 heterocycles. The number of benzene rings is 2. The number of nitrogens with one attached hydrogen (secondary N) is 1. The first kappa shape index (κ1) is 21.9. The SMILES string of the molecule is O=C(CSc1nnc(CSc2nc3ccccc3s2)n1Cc1ccccc1)N1CCNC1=O. The molecular weight excluding hydrogens is 476 g/mol. The third-order valence-electron chi connectivity index (χ3n) is 5.06. The number of carbonyl (C=O) groups is 2. The number of hydrogen-bond acceptors (Lipinski definition) is 8. The van der Waals surface area contributed by atoms with Crippen LogP contribution in [0.15, 0.2) is 64.1 Å². The zero-order valence-electron chi connectivity index (χ0n) is 17.5. The molecule has 33 heavy (non-hydrogen) atoms. The summed E-state index contributed by atoms with van der Waals surface area (Å²) in [5, 5.41) is 12.1. The fourth-order valence-corrected chi connectivity index (χ4v) is 6.25. The van der Waals surface area contributed by atoms with Crippen molar-refractivity contribution in [2.45, 2.75) is 21.8 Å². The molecule has 0 atom stereocenters. The van der Waals surface area contributed by atoms with E-state index in [1.807, 2.05) is 41.0 Å². The van der Waals surface area contributed by atoms with E-state index in [-0.39, 0.29) is 17.7 Å². The van der Waals surface area contributed by atoms with Gasteiger partial charge < -0.3 is 9.88 Å². The first-order valence-corrected chi connectivity index (χ1v) is 13.1. The molecule has 0 spiro atoms. The molecule has 0 radical (unpaired) electrons. The minimum Gasteiger partial charge on any atom is -0.336 e. The molecule has 1 aliphatic heterocycles. The Morgan fingerprint density at radius 2 is 1.88 bits per heavy atom. The maximum Gasteiger partial charge on any atom is 0.324 e. The molecule has 3 amide bonds. The van der Waals surface area contributed by atoms with E-state index in [1.165, 1.54) is 16.7 Å². The van der Waals surface area contributed by atoms with E-state index >= 15 is 0 Å². The summed E-state index contributed by atoms with van der Waals surface area (Å²) in [4.78, 5) is 30.2. The van der Waals surface area contributed by atoms with Crippen LogP contribution in [0.2, 0.25) is 0 Å². The van der Waals surface area contributed by atoms with E-state index in [9.17, 15) is 9.59 Å². The molecule has 1 fully saturated rings. The van der Waals surface area contributed by atoms with Gasteiger partial charge >= 0.3 is 6.03 Å². The van der Waals surface area contributed by atoms with E-state index in [2.05, 4.69) is 38.7 Å². The number of thiazole rings is 1. The van der Waals surface area contributed by atoms with Gasteiger partial charge in [-0.25, -0.2) is 9.78 Å². The predicted octanol–water partition coefficient (Wildman–Crippen LogP) is 3.87. The van der Waals surface area contributed by atoms with Crippen LogP contribution >= 0.6 is 34.9 Å². The Bertz CT molecular complexity index is 1260. The summed E-state index contributed by atoms with van der Waals surface area (Å²) in [6.07, 6.45) is 0. The minimum atomic E-state index is -0.334. The molecule has 5 rings (SSSR count). The van der Waals surface area contributed by atoms with Crippen molar-refractivity contribution in [1.82, 2.24) is 30.0 Å². The summed E-state index contributed by atoms with van der Waals surface area (Å²) in [5.41, 5.74) is 2.12. The highest BCUT2D eigenvalue weighted by molar-refractivity contribution is 8.00. The lowest BCUT2D eigenvalue weighted by Crippen LogP contribution is -2.35. The lowest BCUT2D eigenvalue weighted by molar-refractivity contribution is -0.124. The molecule has 8 nitrogen and oxygen atoms in total. The number of hydrogen-bond donors (Lipinski definition) is 1. The quantitative estimate of drug-likeness (QED) is 0.370. The number of thioether (sulfide) groups is 2. The van der Waals surface area contributed by atoms with Gasteiger partial charge in [-0.2, -0.15) is 0 Å². The van der Waals surface area contributed by atoms with Gasteiger partial charge in [0, 0.05) is 13.1 Å². The summed E-state index contributed by atoms with van der Waals surface area (Å²) < 4.78 is 4.18. The number of aromatic nitrogens is 4. The third-order valence-corrected chi connectivity index (χ3v) is 8.19. The first-order chi connectivity index (χ1) is 16.2. The van der Waals surface area contributed by atoms with Gasteiger partial charge in [0.1, 0.15) is 5.82 Å². The van der Waals surface area contributed by atoms with Gasteiger partial charge in [-0.3, -0.25) is 9.69 Å². The van der Waals surface area contributed by atoms with E-state index < -0.39 is 0 Å². The van der Waals surface area contributed by atoms with Crippen LogP contribution in [0.4, 0.5) is 4.79 Å². The molecule has 0 bridgehead atoms. The third kappa shape index (κ3) is 5.05. The molecule has 11 heteroatoms. The Labute approximate surface area is 202 Å². The van der Waals surface area contributed by atoms with Crippen LogP contribution < -0.4 is 5.32 Å². The summed E-state index contributed by atoms with van der Waals surface area (Å²) in [7, 11) is 0. The number of carbonyl (C=O) groups excluding carboxylic acids is 2. The summed E-state index contributed by atoms with van der Waals surface area (Å²) in [6, 6.07) is 17.8. The molecule has 168 valence electrons. The Morgan fingerprint density at radius 1 is 1.06 bits per heavy atom. The Balaban J connectivity index is 1.33. The van der Waals surface area contributed by atoms with Crippen molar-refractivity contribution in [1.29, 1.82) is 0 Å². The number of urea groups is 1. The van der Waals surface area contributed by atoms with Crippen LogP contribution in [-0.4, -0.2) is 55.4 Å². The molecule has 0 unspecified atom stereocenters. The molecule has 1 aliphatic rings. The second-order valence-electron chi connectivity index (χ2n) is 7.27. The zero-order chi connectivity index (χ0) is 22.6. The monoisotopic (exact) mass is 496 g/mol. The number of amides is 3. The lowest BCUT2D eigenvalue weighted by Gasteiger charge is -2.13. The average Bonchev–Trinajstić information content (AvgIpc) is 3.55. The number of imide groups is 1. The van der Waals surface area contributed by atoms with Crippen molar-refractivity contribution >= 4 is 57.0 Å². The van der Waals surface area contributed by atoms with Gasteiger partial charge in [0.15, 0.2) is 9.50 Å². The summed E-state index contributed by atoms with van der Waals surface area (Å²) in [5.74, 6) is 1.33. The molecule has 0 saturated carbocycles. The van der Waals surface area contributed by atoms with E-state index in [0.29, 0.717) is 30.5 Å². The topological polar surface area (TPSA) is 93.0 Å². The van der Waals surface area contributed by atoms with Crippen molar-refractivity contribution in [3.05, 3.63) is 66.0 Å². The molecule has 2 aromatic carbocycles. The average molecular weight is 497 g/mol. The van der Waals surface area contributed by atoms with Gasteiger partial charge in [0.05, 0.1) is 28.3 Å². The van der Waals surface area contributed by atoms with E-state index in [4.69, 9.17) is 0 Å². The molecule has 1 saturated heterocycles. The maximum absolute atomic E-state index is 12.5. The maximum atomic E-state index is 12.5. The largest absolute Gasteiger partial charge is 0.336 e. The normalized spacial score (nSPS) is 13.6. The van der Waals surface area contributed by atoms with Crippen molar-refractivity contribution < 1.29 is 9.59 Å². The smallest absolute Gasteiger partial charge is 0.324 e. The van der Waals surface area contributed by atoms with E-state index in [0.717, 1.165) is 25.9 Å². The zero-order valence-corrected chi connectivity index (χ0v) is 20.0. The number of rotatable bonds is 8. The summed E-state index contributed by atoms with van der Waals surface area (Å²) in [6.45, 7) is 1.50. The van der Waals surface area contributed by atoms with Gasteiger partial charge in [-0.15, -0.1) is 21.5 Å². The Morgan fingerprint density at radius 3 is 2.67 bits per heavy atom. The van der Waals surface area contributed by atoms with Crippen LogP contribution in [0.3, 0.4) is 0 Å². The molecule has 1 N–H and O–H groups in total. The van der Waals surface area contributed by atoms with Gasteiger partial charge in [-0.1, -0.05) is 66.0 Å². The second-order valence-corrected chi connectivity index (χ2v) is 10.5. The van der Waals surface area contributed by atoms with Crippen LogP contribution in [0.1, 0.15) is 11.4 Å². The van der Waals surface area contributed by atoms with Crippen LogP contribution in [0.25, 0.3) is 10.2 Å². The second kappa shape index (κ2) is 9.94. The number of nitrogens with zero attached hydrogens (tertiary/aromatic N) is 5. The van der Waals surface area contributed by atoms with Crippen LogP contribution in [-0.2, 0) is 17.1 Å². The fourth-order valence-electron chi connectivity index (χ4n) is 3.41.